The Balaban J connectivity index is 1.59. The average Bonchev–Trinajstić information content (AvgIpc) is 3.01. The number of fused-ring (bicyclic) bond motifs is 3. The van der Waals surface area contributed by atoms with Crippen molar-refractivity contribution in [3.05, 3.63) is 72.8 Å². The number of carbonyl (C=O) groups is 1. The van der Waals surface area contributed by atoms with E-state index in [4.69, 9.17) is 0 Å². The van der Waals surface area contributed by atoms with Crippen LogP contribution in [-0.4, -0.2) is 24.1 Å². The zero-order chi connectivity index (χ0) is 18.8. The van der Waals surface area contributed by atoms with Gasteiger partial charge in [0.1, 0.15) is 0 Å². The smallest absolute Gasteiger partial charge is 0.243 e. The zero-order valence-corrected chi connectivity index (χ0v) is 15.6. The van der Waals surface area contributed by atoms with Crippen molar-refractivity contribution in [2.45, 2.75) is 13.5 Å². The van der Waals surface area contributed by atoms with Crippen molar-refractivity contribution in [2.75, 3.05) is 23.8 Å². The number of hydrogen-bond acceptors (Lipinski definition) is 2. The van der Waals surface area contributed by atoms with Gasteiger partial charge < -0.3 is 14.8 Å². The van der Waals surface area contributed by atoms with Crippen molar-refractivity contribution in [1.29, 1.82) is 0 Å². The van der Waals surface area contributed by atoms with E-state index in [1.54, 1.807) is 0 Å². The Morgan fingerprint density at radius 1 is 0.926 bits per heavy atom. The first-order valence-corrected chi connectivity index (χ1v) is 9.24. The lowest BCUT2D eigenvalue weighted by Crippen LogP contribution is -2.29. The zero-order valence-electron chi connectivity index (χ0n) is 15.6. The summed E-state index contributed by atoms with van der Waals surface area (Å²) in [6, 6.07) is 24.5. The summed E-state index contributed by atoms with van der Waals surface area (Å²) < 4.78 is 2.31. The number of aryl methyl sites for hydroxylation is 1. The highest BCUT2D eigenvalue weighted by Gasteiger charge is 2.12. The summed E-state index contributed by atoms with van der Waals surface area (Å²) in [7, 11) is 1.92. The van der Waals surface area contributed by atoms with Gasteiger partial charge in [0.05, 0.1) is 6.54 Å². The van der Waals surface area contributed by atoms with Crippen LogP contribution >= 0.6 is 0 Å². The summed E-state index contributed by atoms with van der Waals surface area (Å²) in [5.41, 5.74) is 4.27. The molecule has 0 saturated heterocycles. The van der Waals surface area contributed by atoms with E-state index >= 15 is 0 Å². The number of nitrogens with one attached hydrogen (secondary N) is 1. The van der Waals surface area contributed by atoms with Crippen molar-refractivity contribution in [3.63, 3.8) is 0 Å². The number of carbonyl (C=O) groups excluding carboxylic acids is 1. The molecule has 3 aromatic carbocycles. The lowest BCUT2D eigenvalue weighted by molar-refractivity contribution is -0.114. The molecule has 4 heteroatoms. The maximum atomic E-state index is 12.5. The van der Waals surface area contributed by atoms with Crippen LogP contribution < -0.4 is 10.2 Å². The largest absolute Gasteiger partial charge is 0.365 e. The normalized spacial score (nSPS) is 11.0. The van der Waals surface area contributed by atoms with Gasteiger partial charge in [-0.25, -0.2) is 0 Å². The number of anilines is 2. The number of benzene rings is 3. The summed E-state index contributed by atoms with van der Waals surface area (Å²) >= 11 is 0. The molecule has 4 aromatic rings. The molecule has 0 aliphatic carbocycles. The van der Waals surface area contributed by atoms with Crippen LogP contribution in [0.4, 0.5) is 11.4 Å². The predicted molar refractivity (Wildman–Crippen MR) is 113 cm³/mol. The standard InChI is InChI=1S/C23H23N3O/c1-3-26-21-12-8-7-11-19(21)20-15-17(13-14-22(20)26)24-23(27)16-25(2)18-9-5-4-6-10-18/h4-15H,3,16H2,1-2H3,(H,24,27). The minimum atomic E-state index is -0.0278. The number of aromatic nitrogens is 1. The highest BCUT2D eigenvalue weighted by atomic mass is 16.2. The van der Waals surface area contributed by atoms with Gasteiger partial charge >= 0.3 is 0 Å². The Morgan fingerprint density at radius 2 is 1.63 bits per heavy atom. The summed E-state index contributed by atoms with van der Waals surface area (Å²) in [5, 5.41) is 5.42. The molecule has 0 spiro atoms. The summed E-state index contributed by atoms with van der Waals surface area (Å²) in [6.45, 7) is 3.37. The second-order valence-corrected chi connectivity index (χ2v) is 6.73. The minimum absolute atomic E-state index is 0.0278. The van der Waals surface area contributed by atoms with Crippen molar-refractivity contribution in [2.24, 2.45) is 0 Å². The molecule has 0 unspecified atom stereocenters. The third-order valence-corrected chi connectivity index (χ3v) is 4.95. The van der Waals surface area contributed by atoms with E-state index in [-0.39, 0.29) is 5.91 Å². The van der Waals surface area contributed by atoms with Crippen LogP contribution in [0.25, 0.3) is 21.8 Å². The molecule has 0 aliphatic rings. The minimum Gasteiger partial charge on any atom is -0.365 e. The SMILES string of the molecule is CCn1c2ccccc2c2cc(NC(=O)CN(C)c3ccccc3)ccc21. The third kappa shape index (κ3) is 3.26. The molecule has 0 atom stereocenters. The van der Waals surface area contributed by atoms with Crippen molar-refractivity contribution in [1.82, 2.24) is 4.57 Å². The monoisotopic (exact) mass is 357 g/mol. The lowest BCUT2D eigenvalue weighted by atomic mass is 10.1. The number of likely N-dealkylation sites (N-methyl/N-ethyl adjacent to an activating group) is 1. The van der Waals surface area contributed by atoms with Crippen LogP contribution in [-0.2, 0) is 11.3 Å². The summed E-state index contributed by atoms with van der Waals surface area (Å²) in [6.07, 6.45) is 0. The number of hydrogen-bond donors (Lipinski definition) is 1. The van der Waals surface area contributed by atoms with E-state index in [9.17, 15) is 4.79 Å². The van der Waals surface area contributed by atoms with Crippen LogP contribution in [0.3, 0.4) is 0 Å². The quantitative estimate of drug-likeness (QED) is 0.552. The first-order valence-electron chi connectivity index (χ1n) is 9.24. The molecule has 0 bridgehead atoms. The third-order valence-electron chi connectivity index (χ3n) is 4.95. The van der Waals surface area contributed by atoms with Gasteiger partial charge in [0.25, 0.3) is 0 Å². The number of nitrogens with zero attached hydrogens (tertiary/aromatic N) is 2. The van der Waals surface area contributed by atoms with Gasteiger partial charge in [-0.15, -0.1) is 0 Å². The molecule has 1 N–H and O–H groups in total. The first kappa shape index (κ1) is 17.2. The van der Waals surface area contributed by atoms with Crippen LogP contribution in [0, 0.1) is 0 Å². The maximum Gasteiger partial charge on any atom is 0.243 e. The average molecular weight is 357 g/mol. The highest BCUT2D eigenvalue weighted by Crippen LogP contribution is 2.31. The molecule has 136 valence electrons. The van der Waals surface area contributed by atoms with Crippen molar-refractivity contribution in [3.8, 4) is 0 Å². The fourth-order valence-electron chi connectivity index (χ4n) is 3.66. The molecule has 1 aromatic heterocycles. The molecule has 0 radical (unpaired) electrons. The Morgan fingerprint density at radius 3 is 2.41 bits per heavy atom. The van der Waals surface area contributed by atoms with Crippen molar-refractivity contribution >= 4 is 39.1 Å². The number of rotatable bonds is 5. The van der Waals surface area contributed by atoms with Gasteiger partial charge in [0.15, 0.2) is 0 Å². The molecule has 1 amide bonds. The van der Waals surface area contributed by atoms with E-state index in [2.05, 4.69) is 53.2 Å². The van der Waals surface area contributed by atoms with Gasteiger partial charge in [-0.1, -0.05) is 36.4 Å². The molecule has 27 heavy (non-hydrogen) atoms. The Hall–Kier alpha value is -3.27. The van der Waals surface area contributed by atoms with E-state index in [1.165, 1.54) is 21.8 Å². The van der Waals surface area contributed by atoms with E-state index in [0.717, 1.165) is 17.9 Å². The van der Waals surface area contributed by atoms with Gasteiger partial charge in [-0.3, -0.25) is 4.79 Å². The van der Waals surface area contributed by atoms with Crippen LogP contribution in [0.15, 0.2) is 72.8 Å². The summed E-state index contributed by atoms with van der Waals surface area (Å²) in [5.74, 6) is -0.0278. The maximum absolute atomic E-state index is 12.5. The Kier molecular flexibility index (Phi) is 4.55. The van der Waals surface area contributed by atoms with Crippen molar-refractivity contribution < 1.29 is 4.79 Å². The second-order valence-electron chi connectivity index (χ2n) is 6.73. The van der Waals surface area contributed by atoms with Gasteiger partial charge in [-0.05, 0) is 43.3 Å². The van der Waals surface area contributed by atoms with Crippen LogP contribution in [0.5, 0.6) is 0 Å². The lowest BCUT2D eigenvalue weighted by Gasteiger charge is -2.18. The molecule has 0 saturated carbocycles. The second kappa shape index (κ2) is 7.16. The first-order chi connectivity index (χ1) is 13.2. The molecular weight excluding hydrogens is 334 g/mol. The molecule has 4 nitrogen and oxygen atoms in total. The molecule has 0 aliphatic heterocycles. The number of para-hydroxylation sites is 2. The fraction of sp³-hybridized carbons (Fsp3) is 0.174. The highest BCUT2D eigenvalue weighted by molar-refractivity contribution is 6.10. The van der Waals surface area contributed by atoms with Crippen LogP contribution in [0.1, 0.15) is 6.92 Å². The predicted octanol–water partition coefficient (Wildman–Crippen LogP) is 4.89. The Bertz CT molecular complexity index is 1100. The molecule has 4 rings (SSSR count). The topological polar surface area (TPSA) is 37.3 Å². The van der Waals surface area contributed by atoms with Gasteiger partial charge in [0, 0.05) is 46.8 Å². The summed E-state index contributed by atoms with van der Waals surface area (Å²) in [4.78, 5) is 14.4. The van der Waals surface area contributed by atoms with E-state index < -0.39 is 0 Å². The van der Waals surface area contributed by atoms with E-state index in [0.29, 0.717) is 6.54 Å². The van der Waals surface area contributed by atoms with Gasteiger partial charge in [-0.2, -0.15) is 0 Å². The fourth-order valence-corrected chi connectivity index (χ4v) is 3.66. The van der Waals surface area contributed by atoms with Gasteiger partial charge in [0.2, 0.25) is 5.91 Å². The molecule has 1 heterocycles. The molecule has 0 fully saturated rings. The number of amides is 1. The Labute approximate surface area is 159 Å². The van der Waals surface area contributed by atoms with Crippen LogP contribution in [0.2, 0.25) is 0 Å². The molecular formula is C23H23N3O. The van der Waals surface area contributed by atoms with E-state index in [1.807, 2.05) is 48.3 Å².